The van der Waals surface area contributed by atoms with Crippen LogP contribution < -0.4 is 5.56 Å². The predicted molar refractivity (Wildman–Crippen MR) is 96.5 cm³/mol. The average molecular weight is 390 g/mol. The predicted octanol–water partition coefficient (Wildman–Crippen LogP) is 3.63. The molecule has 0 aliphatic rings. The Morgan fingerprint density at radius 2 is 1.79 bits per heavy atom. The average Bonchev–Trinajstić information content (AvgIpc) is 2.67. The number of aryl methyl sites for hydroxylation is 1. The first kappa shape index (κ1) is 19.6. The van der Waals surface area contributed by atoms with Crippen molar-refractivity contribution in [2.75, 3.05) is 0 Å². The van der Waals surface area contributed by atoms with Gasteiger partial charge in [-0.15, -0.1) is 0 Å². The van der Waals surface area contributed by atoms with Gasteiger partial charge in [-0.1, -0.05) is 24.3 Å². The second-order valence-electron chi connectivity index (χ2n) is 6.26. The number of rotatable bonds is 5. The van der Waals surface area contributed by atoms with Crippen molar-refractivity contribution in [3.8, 4) is 0 Å². The number of fused-ring (bicyclic) bond motifs is 1. The van der Waals surface area contributed by atoms with E-state index in [2.05, 4.69) is 4.98 Å². The maximum atomic E-state index is 12.5. The maximum absolute atomic E-state index is 12.5. The largest absolute Gasteiger partial charge is 0.461 e. The summed E-state index contributed by atoms with van der Waals surface area (Å²) < 4.78 is 44.1. The number of halogens is 3. The molecule has 0 saturated carbocycles. The lowest BCUT2D eigenvalue weighted by Gasteiger charge is -2.10. The molecule has 1 heterocycles. The lowest BCUT2D eigenvalue weighted by Crippen LogP contribution is -2.23. The molecule has 0 spiro atoms. The molecule has 2 aromatic carbocycles. The first-order valence-electron chi connectivity index (χ1n) is 8.52. The van der Waals surface area contributed by atoms with Crippen LogP contribution in [0.15, 0.2) is 53.3 Å². The molecule has 0 atom stereocenters. The van der Waals surface area contributed by atoms with Gasteiger partial charge in [0.05, 0.1) is 22.9 Å². The summed E-state index contributed by atoms with van der Waals surface area (Å²) in [7, 11) is 1.59. The van der Waals surface area contributed by atoms with E-state index in [-0.39, 0.29) is 25.0 Å². The molecule has 0 aliphatic heterocycles. The van der Waals surface area contributed by atoms with Crippen LogP contribution in [0.4, 0.5) is 13.2 Å². The quantitative estimate of drug-likeness (QED) is 0.625. The first-order valence-corrected chi connectivity index (χ1v) is 8.52. The van der Waals surface area contributed by atoms with E-state index < -0.39 is 17.7 Å². The van der Waals surface area contributed by atoms with Crippen molar-refractivity contribution in [2.24, 2.45) is 7.05 Å². The Hall–Kier alpha value is -3.16. The van der Waals surface area contributed by atoms with Crippen molar-refractivity contribution in [1.82, 2.24) is 9.55 Å². The molecule has 5 nitrogen and oxygen atoms in total. The number of ether oxygens (including phenoxy) is 1. The van der Waals surface area contributed by atoms with Crippen LogP contribution in [0, 0.1) is 0 Å². The van der Waals surface area contributed by atoms with E-state index in [9.17, 15) is 22.8 Å². The SMILES string of the molecule is Cn1c(CCC(=O)OCc2ccc(C(F)(F)F)cc2)nc2ccccc2c1=O. The molecule has 0 radical (unpaired) electrons. The number of hydrogen-bond donors (Lipinski definition) is 0. The van der Waals surface area contributed by atoms with E-state index in [1.54, 1.807) is 31.3 Å². The van der Waals surface area contributed by atoms with Gasteiger partial charge in [0.1, 0.15) is 12.4 Å². The molecule has 1 aromatic heterocycles. The number of para-hydroxylation sites is 1. The summed E-state index contributed by atoms with van der Waals surface area (Å²) in [6, 6.07) is 11.4. The normalized spacial score (nSPS) is 11.6. The highest BCUT2D eigenvalue weighted by Crippen LogP contribution is 2.29. The molecule has 8 heteroatoms. The summed E-state index contributed by atoms with van der Waals surface area (Å²) in [5.41, 5.74) is 0.0564. The summed E-state index contributed by atoms with van der Waals surface area (Å²) >= 11 is 0. The van der Waals surface area contributed by atoms with Gasteiger partial charge < -0.3 is 4.74 Å². The van der Waals surface area contributed by atoms with Gasteiger partial charge >= 0.3 is 12.1 Å². The van der Waals surface area contributed by atoms with Gasteiger partial charge in [0.25, 0.3) is 5.56 Å². The van der Waals surface area contributed by atoms with Crippen LogP contribution in [0.5, 0.6) is 0 Å². The van der Waals surface area contributed by atoms with E-state index in [0.717, 1.165) is 12.1 Å². The van der Waals surface area contributed by atoms with Gasteiger partial charge in [0, 0.05) is 13.5 Å². The molecule has 3 aromatic rings. The van der Waals surface area contributed by atoms with Crippen LogP contribution in [-0.2, 0) is 35.8 Å². The number of carbonyl (C=O) groups excluding carboxylic acids is 1. The number of carbonyl (C=O) groups is 1. The number of alkyl halides is 3. The van der Waals surface area contributed by atoms with Gasteiger partial charge in [-0.05, 0) is 29.8 Å². The monoisotopic (exact) mass is 390 g/mol. The summed E-state index contributed by atoms with van der Waals surface area (Å²) in [5, 5.41) is 0.499. The molecular weight excluding hydrogens is 373 g/mol. The topological polar surface area (TPSA) is 61.2 Å². The van der Waals surface area contributed by atoms with Gasteiger partial charge in [-0.3, -0.25) is 14.2 Å². The summed E-state index contributed by atoms with van der Waals surface area (Å²) in [4.78, 5) is 28.7. The molecule has 146 valence electrons. The minimum atomic E-state index is -4.40. The standard InChI is InChI=1S/C20H17F3N2O3/c1-25-17(24-16-5-3-2-4-15(16)19(25)27)10-11-18(26)28-12-13-6-8-14(9-7-13)20(21,22)23/h2-9H,10-12H2,1H3. The fraction of sp³-hybridized carbons (Fsp3) is 0.250. The zero-order chi connectivity index (χ0) is 20.3. The number of hydrogen-bond acceptors (Lipinski definition) is 4. The zero-order valence-corrected chi connectivity index (χ0v) is 15.0. The van der Waals surface area contributed by atoms with E-state index in [4.69, 9.17) is 4.74 Å². The van der Waals surface area contributed by atoms with E-state index in [0.29, 0.717) is 22.3 Å². The lowest BCUT2D eigenvalue weighted by atomic mass is 10.1. The maximum Gasteiger partial charge on any atom is 0.416 e. The summed E-state index contributed by atoms with van der Waals surface area (Å²) in [5.74, 6) is -0.0718. The first-order chi connectivity index (χ1) is 13.3. The van der Waals surface area contributed by atoms with Crippen molar-refractivity contribution in [2.45, 2.75) is 25.6 Å². The number of esters is 1. The van der Waals surface area contributed by atoms with Crippen LogP contribution in [0.3, 0.4) is 0 Å². The highest BCUT2D eigenvalue weighted by atomic mass is 19.4. The van der Waals surface area contributed by atoms with Crippen LogP contribution in [0.25, 0.3) is 10.9 Å². The molecule has 0 amide bonds. The molecule has 0 saturated heterocycles. The van der Waals surface area contributed by atoms with Crippen molar-refractivity contribution in [3.63, 3.8) is 0 Å². The zero-order valence-electron chi connectivity index (χ0n) is 15.0. The van der Waals surface area contributed by atoms with Gasteiger partial charge in [-0.25, -0.2) is 4.98 Å². The Kier molecular flexibility index (Phi) is 5.48. The van der Waals surface area contributed by atoms with Crippen molar-refractivity contribution in [1.29, 1.82) is 0 Å². The molecule has 0 unspecified atom stereocenters. The summed E-state index contributed by atoms with van der Waals surface area (Å²) in [6.07, 6.45) is -4.19. The third kappa shape index (κ3) is 4.39. The third-order valence-corrected chi connectivity index (χ3v) is 4.31. The second kappa shape index (κ2) is 7.84. The highest BCUT2D eigenvalue weighted by Gasteiger charge is 2.29. The molecule has 0 bridgehead atoms. The molecule has 0 aliphatic carbocycles. The number of aromatic nitrogens is 2. The van der Waals surface area contributed by atoms with Crippen LogP contribution in [0.1, 0.15) is 23.4 Å². The number of nitrogens with zero attached hydrogens (tertiary/aromatic N) is 2. The van der Waals surface area contributed by atoms with Crippen LogP contribution >= 0.6 is 0 Å². The van der Waals surface area contributed by atoms with Crippen molar-refractivity contribution < 1.29 is 22.7 Å². The third-order valence-electron chi connectivity index (χ3n) is 4.31. The van der Waals surface area contributed by atoms with Gasteiger partial charge in [0.15, 0.2) is 0 Å². The molecule has 0 N–H and O–H groups in total. The molecule has 28 heavy (non-hydrogen) atoms. The Morgan fingerprint density at radius 1 is 1.11 bits per heavy atom. The van der Waals surface area contributed by atoms with Gasteiger partial charge in [-0.2, -0.15) is 13.2 Å². The second-order valence-corrected chi connectivity index (χ2v) is 6.26. The number of benzene rings is 2. The van der Waals surface area contributed by atoms with E-state index in [1.165, 1.54) is 16.7 Å². The van der Waals surface area contributed by atoms with Crippen LogP contribution in [-0.4, -0.2) is 15.5 Å². The molecule has 3 rings (SSSR count). The van der Waals surface area contributed by atoms with E-state index >= 15 is 0 Å². The molecular formula is C20H17F3N2O3. The fourth-order valence-electron chi connectivity index (χ4n) is 2.73. The fourth-order valence-corrected chi connectivity index (χ4v) is 2.73. The summed E-state index contributed by atoms with van der Waals surface area (Å²) in [6.45, 7) is -0.124. The van der Waals surface area contributed by atoms with Crippen LogP contribution in [0.2, 0.25) is 0 Å². The smallest absolute Gasteiger partial charge is 0.416 e. The van der Waals surface area contributed by atoms with E-state index in [1.807, 2.05) is 0 Å². The van der Waals surface area contributed by atoms with Crippen molar-refractivity contribution >= 4 is 16.9 Å². The Balaban J connectivity index is 1.60. The lowest BCUT2D eigenvalue weighted by molar-refractivity contribution is -0.145. The van der Waals surface area contributed by atoms with Crippen molar-refractivity contribution in [3.05, 3.63) is 75.8 Å². The van der Waals surface area contributed by atoms with Gasteiger partial charge in [0.2, 0.25) is 0 Å². The Morgan fingerprint density at radius 3 is 2.46 bits per heavy atom. The Labute approximate surface area is 158 Å². The molecule has 0 fully saturated rings. The minimum Gasteiger partial charge on any atom is -0.461 e. The minimum absolute atomic E-state index is 0.000739. The Bertz CT molecular complexity index is 1060. The highest BCUT2D eigenvalue weighted by molar-refractivity contribution is 5.77.